The first-order valence-corrected chi connectivity index (χ1v) is 15.3. The molecule has 3 heterocycles. The van der Waals surface area contributed by atoms with E-state index in [9.17, 15) is 9.59 Å². The van der Waals surface area contributed by atoms with Crippen molar-refractivity contribution in [1.82, 2.24) is 15.2 Å². The molecule has 12 heteroatoms. The van der Waals surface area contributed by atoms with Gasteiger partial charge in [0.2, 0.25) is 0 Å². The molecule has 2 amide bonds. The van der Waals surface area contributed by atoms with Gasteiger partial charge in [-0.05, 0) is 57.1 Å². The first kappa shape index (κ1) is 32.2. The molecule has 0 aliphatic carbocycles. The minimum Gasteiger partial charge on any atom is -0.444 e. The predicted octanol–water partition coefficient (Wildman–Crippen LogP) is 4.50. The second-order valence-electron chi connectivity index (χ2n) is 11.5. The molecule has 0 saturated carbocycles. The fourth-order valence-electron chi connectivity index (χ4n) is 5.01. The van der Waals surface area contributed by atoms with Gasteiger partial charge in [0.15, 0.2) is 6.10 Å². The van der Waals surface area contributed by atoms with Crippen LogP contribution < -0.4 is 5.32 Å². The van der Waals surface area contributed by atoms with Crippen LogP contribution in [0.3, 0.4) is 0 Å². The molecule has 1 aromatic carbocycles. The zero-order valence-corrected chi connectivity index (χ0v) is 25.7. The van der Waals surface area contributed by atoms with E-state index < -0.39 is 36.0 Å². The SMILES string of the molecule is COCCOCO[C@H]1CN(C(=O)OC(C)(C)C)[C@H](Cc2ccc(-c3cncs3)cc2)[C@@H]1OC(=O)NCC[C@H]1CCOC1. The third-order valence-electron chi connectivity index (χ3n) is 7.15. The monoisotopic (exact) mass is 605 g/mol. The lowest BCUT2D eigenvalue weighted by Gasteiger charge is -2.30. The minimum absolute atomic E-state index is 0.0321. The summed E-state index contributed by atoms with van der Waals surface area (Å²) in [5.74, 6) is 0.431. The van der Waals surface area contributed by atoms with Gasteiger partial charge in [0.05, 0.1) is 36.2 Å². The first-order valence-electron chi connectivity index (χ1n) is 14.4. The number of amides is 2. The number of alkyl carbamates (subject to hydrolysis) is 1. The molecule has 0 unspecified atom stereocenters. The molecule has 2 aliphatic rings. The zero-order valence-electron chi connectivity index (χ0n) is 24.9. The lowest BCUT2D eigenvalue weighted by atomic mass is 9.99. The Morgan fingerprint density at radius 2 is 2.00 bits per heavy atom. The molecule has 4 atom stereocenters. The van der Waals surface area contributed by atoms with Crippen LogP contribution in [0.4, 0.5) is 9.59 Å². The normalized spacial score (nSPS) is 22.3. The maximum absolute atomic E-state index is 13.4. The number of aromatic nitrogens is 1. The fraction of sp³-hybridized carbons (Fsp3) is 0.633. The largest absolute Gasteiger partial charge is 0.444 e. The predicted molar refractivity (Wildman–Crippen MR) is 157 cm³/mol. The first-order chi connectivity index (χ1) is 20.2. The molecule has 232 valence electrons. The van der Waals surface area contributed by atoms with E-state index in [1.165, 1.54) is 0 Å². The van der Waals surface area contributed by atoms with Crippen LogP contribution in [0, 0.1) is 5.92 Å². The van der Waals surface area contributed by atoms with E-state index in [2.05, 4.69) is 10.3 Å². The summed E-state index contributed by atoms with van der Waals surface area (Å²) in [6, 6.07) is 7.58. The van der Waals surface area contributed by atoms with Gasteiger partial charge < -0.3 is 33.7 Å². The Morgan fingerprint density at radius 1 is 1.19 bits per heavy atom. The number of benzene rings is 1. The molecule has 42 heavy (non-hydrogen) atoms. The van der Waals surface area contributed by atoms with Gasteiger partial charge in [0.25, 0.3) is 0 Å². The molecular weight excluding hydrogens is 562 g/mol. The quantitative estimate of drug-likeness (QED) is 0.260. The van der Waals surface area contributed by atoms with E-state index in [-0.39, 0.29) is 13.3 Å². The van der Waals surface area contributed by atoms with Crippen molar-refractivity contribution in [3.05, 3.63) is 41.5 Å². The van der Waals surface area contributed by atoms with Gasteiger partial charge in [0, 0.05) is 33.1 Å². The third kappa shape index (κ3) is 9.63. The fourth-order valence-corrected chi connectivity index (χ4v) is 5.64. The van der Waals surface area contributed by atoms with Gasteiger partial charge in [-0.2, -0.15) is 0 Å². The van der Waals surface area contributed by atoms with Gasteiger partial charge in [-0.15, -0.1) is 11.3 Å². The number of nitrogens with one attached hydrogen (secondary N) is 1. The Labute approximate surface area is 251 Å². The van der Waals surface area contributed by atoms with Crippen LogP contribution in [-0.2, 0) is 34.8 Å². The van der Waals surface area contributed by atoms with E-state index in [1.54, 1.807) is 28.9 Å². The van der Waals surface area contributed by atoms with Crippen LogP contribution in [0.2, 0.25) is 0 Å². The smallest absolute Gasteiger partial charge is 0.410 e. The van der Waals surface area contributed by atoms with Crippen LogP contribution in [-0.4, -0.2) is 99.3 Å². The Hall–Kier alpha value is -2.77. The van der Waals surface area contributed by atoms with Crippen molar-refractivity contribution < 1.29 is 38.0 Å². The van der Waals surface area contributed by atoms with E-state index >= 15 is 0 Å². The summed E-state index contributed by atoms with van der Waals surface area (Å²) in [6.45, 7) is 8.35. The number of rotatable bonds is 13. The van der Waals surface area contributed by atoms with Crippen molar-refractivity contribution in [2.24, 2.45) is 5.92 Å². The summed E-state index contributed by atoms with van der Waals surface area (Å²) >= 11 is 1.57. The third-order valence-corrected chi connectivity index (χ3v) is 7.97. The molecule has 0 bridgehead atoms. The summed E-state index contributed by atoms with van der Waals surface area (Å²) in [7, 11) is 1.59. The average molecular weight is 606 g/mol. The van der Waals surface area contributed by atoms with Crippen LogP contribution in [0.5, 0.6) is 0 Å². The number of likely N-dealkylation sites (tertiary alicyclic amines) is 1. The van der Waals surface area contributed by atoms with E-state index in [0.717, 1.165) is 35.5 Å². The number of methoxy groups -OCH3 is 1. The van der Waals surface area contributed by atoms with Crippen LogP contribution in [0.25, 0.3) is 10.4 Å². The number of hydrogen-bond donors (Lipinski definition) is 1. The number of carbonyl (C=O) groups excluding carboxylic acids is 2. The van der Waals surface area contributed by atoms with E-state index in [4.69, 9.17) is 28.4 Å². The Bertz CT molecular complexity index is 1100. The molecule has 4 rings (SSSR count). The molecule has 11 nitrogen and oxygen atoms in total. The van der Waals surface area contributed by atoms with Crippen molar-refractivity contribution in [3.8, 4) is 10.4 Å². The number of nitrogens with zero attached hydrogens (tertiary/aromatic N) is 2. The van der Waals surface area contributed by atoms with Crippen molar-refractivity contribution in [1.29, 1.82) is 0 Å². The van der Waals surface area contributed by atoms with Gasteiger partial charge in [0.1, 0.15) is 18.5 Å². The van der Waals surface area contributed by atoms with Gasteiger partial charge in [-0.3, -0.25) is 9.88 Å². The van der Waals surface area contributed by atoms with Crippen molar-refractivity contribution in [2.75, 3.05) is 53.4 Å². The average Bonchev–Trinajstić information content (AvgIpc) is 3.72. The van der Waals surface area contributed by atoms with E-state index in [1.807, 2.05) is 51.2 Å². The number of thiazole rings is 1. The maximum Gasteiger partial charge on any atom is 0.410 e. The zero-order chi connectivity index (χ0) is 30.0. The number of ether oxygens (including phenoxy) is 6. The summed E-state index contributed by atoms with van der Waals surface area (Å²) in [4.78, 5) is 33.3. The highest BCUT2D eigenvalue weighted by molar-refractivity contribution is 7.13. The highest BCUT2D eigenvalue weighted by Gasteiger charge is 2.48. The minimum atomic E-state index is -0.750. The highest BCUT2D eigenvalue weighted by atomic mass is 32.1. The second-order valence-corrected chi connectivity index (χ2v) is 12.4. The lowest BCUT2D eigenvalue weighted by Crippen LogP contribution is -2.46. The molecule has 0 radical (unpaired) electrons. The Morgan fingerprint density at radius 3 is 2.67 bits per heavy atom. The maximum atomic E-state index is 13.4. The van der Waals surface area contributed by atoms with Gasteiger partial charge in [-0.1, -0.05) is 24.3 Å². The topological polar surface area (TPSA) is 118 Å². The molecule has 2 aromatic rings. The summed E-state index contributed by atoms with van der Waals surface area (Å²) in [6.07, 6.45) is 1.67. The molecule has 1 N–H and O–H groups in total. The molecule has 2 saturated heterocycles. The highest BCUT2D eigenvalue weighted by Crippen LogP contribution is 2.30. The van der Waals surface area contributed by atoms with Gasteiger partial charge >= 0.3 is 12.2 Å². The van der Waals surface area contributed by atoms with Crippen LogP contribution in [0.1, 0.15) is 39.2 Å². The molecular formula is C30H43N3O8S. The standard InChI is InChI=1S/C30H43N3O8S/c1-30(2,3)41-29(35)33-17-25(39-20-38-14-13-36-4)27(40-28(34)32-11-9-22-10-12-37-18-22)24(33)15-21-5-7-23(8-6-21)26-16-31-19-42-26/h5-8,16,19,22,24-25,27H,9-15,17-18,20H2,1-4H3,(H,32,34)/t22-,24+,25-,27-/m0/s1. The van der Waals surface area contributed by atoms with E-state index in [0.29, 0.717) is 38.7 Å². The molecule has 2 fully saturated rings. The lowest BCUT2D eigenvalue weighted by molar-refractivity contribution is -0.119. The molecule has 2 aliphatic heterocycles. The van der Waals surface area contributed by atoms with Gasteiger partial charge in [-0.25, -0.2) is 9.59 Å². The Kier molecular flexibility index (Phi) is 12.0. The van der Waals surface area contributed by atoms with Crippen LogP contribution >= 0.6 is 11.3 Å². The van der Waals surface area contributed by atoms with Crippen molar-refractivity contribution in [2.45, 2.75) is 63.9 Å². The molecule has 0 spiro atoms. The summed E-state index contributed by atoms with van der Waals surface area (Å²) in [5.41, 5.74) is 3.14. The second kappa shape index (κ2) is 15.6. The van der Waals surface area contributed by atoms with Crippen molar-refractivity contribution >= 4 is 23.5 Å². The summed E-state index contributed by atoms with van der Waals surface area (Å²) < 4.78 is 33.8. The Balaban J connectivity index is 1.51. The molecule has 1 aromatic heterocycles. The van der Waals surface area contributed by atoms with Crippen LogP contribution in [0.15, 0.2) is 36.0 Å². The number of carbonyl (C=O) groups is 2. The van der Waals surface area contributed by atoms with Crippen molar-refractivity contribution in [3.63, 3.8) is 0 Å². The summed E-state index contributed by atoms with van der Waals surface area (Å²) in [5, 5.41) is 2.87. The number of hydrogen-bond acceptors (Lipinski definition) is 10.